The molecule has 0 heteroatoms. The van der Waals surface area contributed by atoms with Gasteiger partial charge in [-0.15, -0.1) is 0 Å². The molecule has 0 heterocycles. The lowest BCUT2D eigenvalue weighted by atomic mass is 9.60. The molecule has 66 valence electrons. The van der Waals surface area contributed by atoms with E-state index < -0.39 is 0 Å². The van der Waals surface area contributed by atoms with Crippen molar-refractivity contribution in [2.45, 2.75) is 59.3 Å². The van der Waals surface area contributed by atoms with Crippen LogP contribution in [0.25, 0.3) is 0 Å². The third-order valence-electron chi connectivity index (χ3n) is 3.61. The summed E-state index contributed by atoms with van der Waals surface area (Å²) in [5.74, 6) is 1.02. The molecule has 1 unspecified atom stereocenters. The van der Waals surface area contributed by atoms with Gasteiger partial charge < -0.3 is 0 Å². The molecule has 0 aromatic heterocycles. The van der Waals surface area contributed by atoms with Gasteiger partial charge in [0.15, 0.2) is 0 Å². The van der Waals surface area contributed by atoms with Crippen molar-refractivity contribution in [1.82, 2.24) is 0 Å². The van der Waals surface area contributed by atoms with Crippen LogP contribution in [0.1, 0.15) is 59.3 Å². The summed E-state index contributed by atoms with van der Waals surface area (Å²) < 4.78 is 0. The van der Waals surface area contributed by atoms with Crippen molar-refractivity contribution in [2.24, 2.45) is 11.3 Å². The van der Waals surface area contributed by atoms with Crippen molar-refractivity contribution in [2.75, 3.05) is 0 Å². The van der Waals surface area contributed by atoms with Gasteiger partial charge in [-0.3, -0.25) is 0 Å². The van der Waals surface area contributed by atoms with E-state index >= 15 is 0 Å². The highest BCUT2D eigenvalue weighted by Crippen LogP contribution is 2.49. The van der Waals surface area contributed by atoms with Crippen molar-refractivity contribution in [3.8, 4) is 0 Å². The topological polar surface area (TPSA) is 0 Å². The molecule has 11 heavy (non-hydrogen) atoms. The maximum absolute atomic E-state index is 2.49. The zero-order valence-electron chi connectivity index (χ0n) is 8.32. The van der Waals surface area contributed by atoms with E-state index in [1.807, 2.05) is 0 Å². The molecular weight excluding hydrogens is 132 g/mol. The van der Waals surface area contributed by atoms with Gasteiger partial charge in [0.1, 0.15) is 0 Å². The van der Waals surface area contributed by atoms with Crippen LogP contribution in [0.2, 0.25) is 0 Å². The molecule has 0 aliphatic heterocycles. The summed E-state index contributed by atoms with van der Waals surface area (Å²) in [4.78, 5) is 0. The average Bonchev–Trinajstić information content (AvgIpc) is 1.96. The number of hydrogen-bond acceptors (Lipinski definition) is 0. The van der Waals surface area contributed by atoms with Crippen LogP contribution < -0.4 is 0 Å². The van der Waals surface area contributed by atoms with E-state index in [2.05, 4.69) is 20.8 Å². The molecule has 1 fully saturated rings. The highest BCUT2D eigenvalue weighted by atomic mass is 14.4. The van der Waals surface area contributed by atoms with Crippen molar-refractivity contribution in [3.63, 3.8) is 0 Å². The van der Waals surface area contributed by atoms with E-state index in [0.29, 0.717) is 0 Å². The zero-order valence-corrected chi connectivity index (χ0v) is 8.32. The molecule has 0 aromatic rings. The van der Waals surface area contributed by atoms with E-state index in [1.165, 1.54) is 38.5 Å². The standard InChI is InChI=1S/C11H22/c1-4-7-10(5-2)11(3)8-6-9-11/h10H,4-9H2,1-3H3. The minimum atomic E-state index is 0.741. The molecule has 0 saturated heterocycles. The number of rotatable bonds is 4. The first-order chi connectivity index (χ1) is 5.23. The quantitative estimate of drug-likeness (QED) is 0.574. The summed E-state index contributed by atoms with van der Waals surface area (Å²) in [7, 11) is 0. The fourth-order valence-corrected chi connectivity index (χ4v) is 2.54. The molecule has 1 rings (SSSR count). The second-order valence-corrected chi connectivity index (χ2v) is 4.40. The minimum absolute atomic E-state index is 0.741. The maximum atomic E-state index is 2.49. The summed E-state index contributed by atoms with van der Waals surface area (Å²) in [6, 6.07) is 0. The Kier molecular flexibility index (Phi) is 2.98. The van der Waals surface area contributed by atoms with Crippen LogP contribution in [0, 0.1) is 11.3 Å². The predicted octanol–water partition coefficient (Wildman–Crippen LogP) is 4.00. The Balaban J connectivity index is 2.39. The van der Waals surface area contributed by atoms with Crippen LogP contribution in [0.4, 0.5) is 0 Å². The van der Waals surface area contributed by atoms with E-state index in [1.54, 1.807) is 0 Å². The first-order valence-electron chi connectivity index (χ1n) is 5.23. The molecule has 0 spiro atoms. The molecule has 0 bridgehead atoms. The Labute approximate surface area is 71.4 Å². The van der Waals surface area contributed by atoms with Gasteiger partial charge in [-0.2, -0.15) is 0 Å². The van der Waals surface area contributed by atoms with Gasteiger partial charge in [-0.1, -0.05) is 46.5 Å². The average molecular weight is 154 g/mol. The molecule has 0 amide bonds. The van der Waals surface area contributed by atoms with E-state index in [4.69, 9.17) is 0 Å². The fourth-order valence-electron chi connectivity index (χ4n) is 2.54. The van der Waals surface area contributed by atoms with Crippen LogP contribution in [-0.4, -0.2) is 0 Å². The summed E-state index contributed by atoms with van der Waals surface area (Å²) >= 11 is 0. The normalized spacial score (nSPS) is 24.3. The Morgan fingerprint density at radius 2 is 1.91 bits per heavy atom. The van der Waals surface area contributed by atoms with Gasteiger partial charge >= 0.3 is 0 Å². The molecule has 1 saturated carbocycles. The van der Waals surface area contributed by atoms with Crippen LogP contribution >= 0.6 is 0 Å². The summed E-state index contributed by atoms with van der Waals surface area (Å²) in [5.41, 5.74) is 0.741. The van der Waals surface area contributed by atoms with Crippen molar-refractivity contribution >= 4 is 0 Å². The van der Waals surface area contributed by atoms with E-state index in [9.17, 15) is 0 Å². The lowest BCUT2D eigenvalue weighted by Gasteiger charge is -2.45. The van der Waals surface area contributed by atoms with Gasteiger partial charge in [0.2, 0.25) is 0 Å². The minimum Gasteiger partial charge on any atom is -0.0654 e. The second-order valence-electron chi connectivity index (χ2n) is 4.40. The molecule has 0 N–H and O–H groups in total. The second kappa shape index (κ2) is 3.60. The van der Waals surface area contributed by atoms with Crippen LogP contribution in [0.3, 0.4) is 0 Å². The Bertz CT molecular complexity index is 111. The summed E-state index contributed by atoms with van der Waals surface area (Å²) in [5, 5.41) is 0. The first-order valence-corrected chi connectivity index (χ1v) is 5.23. The Morgan fingerprint density at radius 1 is 1.27 bits per heavy atom. The van der Waals surface area contributed by atoms with Crippen LogP contribution in [-0.2, 0) is 0 Å². The van der Waals surface area contributed by atoms with Gasteiger partial charge in [-0.05, 0) is 24.2 Å². The molecule has 1 aliphatic rings. The smallest absolute Gasteiger partial charge is 0.0298 e. The van der Waals surface area contributed by atoms with Crippen molar-refractivity contribution < 1.29 is 0 Å². The largest absolute Gasteiger partial charge is 0.0654 e. The highest BCUT2D eigenvalue weighted by Gasteiger charge is 2.37. The zero-order chi connectivity index (χ0) is 8.32. The molecule has 0 nitrogen and oxygen atoms in total. The van der Waals surface area contributed by atoms with Gasteiger partial charge in [-0.25, -0.2) is 0 Å². The van der Waals surface area contributed by atoms with Crippen LogP contribution in [0.15, 0.2) is 0 Å². The summed E-state index contributed by atoms with van der Waals surface area (Å²) in [6.07, 6.45) is 8.68. The van der Waals surface area contributed by atoms with Crippen molar-refractivity contribution in [1.29, 1.82) is 0 Å². The van der Waals surface area contributed by atoms with Gasteiger partial charge in [0.05, 0.1) is 0 Å². The Morgan fingerprint density at radius 3 is 2.18 bits per heavy atom. The molecule has 0 radical (unpaired) electrons. The SMILES string of the molecule is CCCC(CC)C1(C)CCC1. The third kappa shape index (κ3) is 1.77. The summed E-state index contributed by atoms with van der Waals surface area (Å²) in [6.45, 7) is 7.15. The molecule has 1 aliphatic carbocycles. The van der Waals surface area contributed by atoms with Crippen LogP contribution in [0.5, 0.6) is 0 Å². The maximum Gasteiger partial charge on any atom is -0.0298 e. The Hall–Kier alpha value is 0. The first kappa shape index (κ1) is 9.09. The molecule has 1 atom stereocenters. The highest BCUT2D eigenvalue weighted by molar-refractivity contribution is 4.88. The number of hydrogen-bond donors (Lipinski definition) is 0. The fraction of sp³-hybridized carbons (Fsp3) is 1.00. The monoisotopic (exact) mass is 154 g/mol. The lowest BCUT2D eigenvalue weighted by Crippen LogP contribution is -2.33. The van der Waals surface area contributed by atoms with E-state index in [-0.39, 0.29) is 0 Å². The van der Waals surface area contributed by atoms with Gasteiger partial charge in [0, 0.05) is 0 Å². The van der Waals surface area contributed by atoms with Gasteiger partial charge in [0.25, 0.3) is 0 Å². The van der Waals surface area contributed by atoms with E-state index in [0.717, 1.165) is 11.3 Å². The lowest BCUT2D eigenvalue weighted by molar-refractivity contribution is 0.0621. The molecular formula is C11H22. The predicted molar refractivity (Wildman–Crippen MR) is 50.6 cm³/mol. The van der Waals surface area contributed by atoms with Crippen molar-refractivity contribution in [3.05, 3.63) is 0 Å². The third-order valence-corrected chi connectivity index (χ3v) is 3.61. The molecule has 0 aromatic carbocycles.